The molecule has 0 radical (unpaired) electrons. The van der Waals surface area contributed by atoms with Crippen LogP contribution in [0.1, 0.15) is 34.1 Å². The summed E-state index contributed by atoms with van der Waals surface area (Å²) in [6, 6.07) is 1.41. The van der Waals surface area contributed by atoms with Gasteiger partial charge in [-0.15, -0.1) is 0 Å². The SMILES string of the molecule is CSC(C)(C)CNC1CCN(C(C)C)C1. The minimum absolute atomic E-state index is 0.366. The lowest BCUT2D eigenvalue weighted by atomic mass is 10.2. The van der Waals surface area contributed by atoms with Gasteiger partial charge in [0, 0.05) is 29.9 Å². The molecule has 2 nitrogen and oxygen atoms in total. The highest BCUT2D eigenvalue weighted by molar-refractivity contribution is 7.99. The van der Waals surface area contributed by atoms with Crippen molar-refractivity contribution in [1.82, 2.24) is 10.2 Å². The van der Waals surface area contributed by atoms with Gasteiger partial charge in [-0.2, -0.15) is 11.8 Å². The minimum atomic E-state index is 0.366. The van der Waals surface area contributed by atoms with Gasteiger partial charge in [0.05, 0.1) is 0 Å². The Morgan fingerprint density at radius 2 is 2.13 bits per heavy atom. The van der Waals surface area contributed by atoms with E-state index in [9.17, 15) is 0 Å². The molecular weight excluding hydrogens is 204 g/mol. The summed E-state index contributed by atoms with van der Waals surface area (Å²) in [5, 5.41) is 3.70. The first-order valence-electron chi connectivity index (χ1n) is 5.97. The van der Waals surface area contributed by atoms with Gasteiger partial charge in [0.15, 0.2) is 0 Å². The fourth-order valence-corrected chi connectivity index (χ4v) is 2.11. The van der Waals surface area contributed by atoms with Crippen LogP contribution >= 0.6 is 11.8 Å². The molecule has 0 saturated carbocycles. The molecule has 1 fully saturated rings. The van der Waals surface area contributed by atoms with Crippen LogP contribution in [0, 0.1) is 0 Å². The lowest BCUT2D eigenvalue weighted by Gasteiger charge is -2.25. The van der Waals surface area contributed by atoms with E-state index in [0.717, 1.165) is 6.54 Å². The van der Waals surface area contributed by atoms with Crippen molar-refractivity contribution in [1.29, 1.82) is 0 Å². The first-order chi connectivity index (χ1) is 6.94. The number of thioether (sulfide) groups is 1. The van der Waals surface area contributed by atoms with Gasteiger partial charge in [0.1, 0.15) is 0 Å². The highest BCUT2D eigenvalue weighted by atomic mass is 32.2. The maximum absolute atomic E-state index is 3.70. The number of nitrogens with one attached hydrogen (secondary N) is 1. The molecule has 1 N–H and O–H groups in total. The average molecular weight is 230 g/mol. The predicted octanol–water partition coefficient (Wildman–Crippen LogP) is 2.20. The second-order valence-corrected chi connectivity index (χ2v) is 6.93. The van der Waals surface area contributed by atoms with Crippen molar-refractivity contribution < 1.29 is 0 Å². The molecule has 0 aliphatic carbocycles. The van der Waals surface area contributed by atoms with E-state index < -0.39 is 0 Å². The highest BCUT2D eigenvalue weighted by Crippen LogP contribution is 2.21. The summed E-state index contributed by atoms with van der Waals surface area (Å²) in [5.41, 5.74) is 0. The Hall–Kier alpha value is 0.270. The first kappa shape index (κ1) is 13.3. The van der Waals surface area contributed by atoms with Crippen LogP contribution < -0.4 is 5.32 Å². The standard InChI is InChI=1S/C12H26N2S/c1-10(2)14-7-6-11(8-14)13-9-12(3,4)15-5/h10-11,13H,6-9H2,1-5H3. The third kappa shape index (κ3) is 4.33. The summed E-state index contributed by atoms with van der Waals surface area (Å²) in [6.45, 7) is 12.8. The Morgan fingerprint density at radius 3 is 2.60 bits per heavy atom. The van der Waals surface area contributed by atoms with Crippen molar-refractivity contribution in [2.24, 2.45) is 0 Å². The van der Waals surface area contributed by atoms with Gasteiger partial charge in [-0.3, -0.25) is 4.90 Å². The summed E-state index contributed by atoms with van der Waals surface area (Å²) < 4.78 is 0.366. The first-order valence-corrected chi connectivity index (χ1v) is 7.19. The average Bonchev–Trinajstić information content (AvgIpc) is 2.63. The molecule has 90 valence electrons. The van der Waals surface area contributed by atoms with E-state index in [0.29, 0.717) is 16.8 Å². The van der Waals surface area contributed by atoms with Crippen LogP contribution in [-0.2, 0) is 0 Å². The van der Waals surface area contributed by atoms with E-state index in [1.807, 2.05) is 11.8 Å². The molecule has 15 heavy (non-hydrogen) atoms. The fraction of sp³-hybridized carbons (Fsp3) is 1.00. The molecule has 0 aromatic rings. The van der Waals surface area contributed by atoms with Crippen molar-refractivity contribution in [3.8, 4) is 0 Å². The third-order valence-electron chi connectivity index (χ3n) is 3.32. The summed E-state index contributed by atoms with van der Waals surface area (Å²) in [5.74, 6) is 0. The van der Waals surface area contributed by atoms with Crippen molar-refractivity contribution in [2.75, 3.05) is 25.9 Å². The molecule has 1 saturated heterocycles. The molecule has 0 bridgehead atoms. The van der Waals surface area contributed by atoms with Gasteiger partial charge in [0.25, 0.3) is 0 Å². The summed E-state index contributed by atoms with van der Waals surface area (Å²) >= 11 is 1.94. The van der Waals surface area contributed by atoms with Crippen molar-refractivity contribution >= 4 is 11.8 Å². The Balaban J connectivity index is 2.25. The maximum Gasteiger partial charge on any atom is 0.0225 e. The zero-order valence-electron chi connectivity index (χ0n) is 10.8. The lowest BCUT2D eigenvalue weighted by Crippen LogP contribution is -2.41. The minimum Gasteiger partial charge on any atom is -0.311 e. The number of nitrogens with zero attached hydrogens (tertiary/aromatic N) is 1. The van der Waals surface area contributed by atoms with Gasteiger partial charge in [-0.1, -0.05) is 0 Å². The van der Waals surface area contributed by atoms with Crippen molar-refractivity contribution in [3.05, 3.63) is 0 Å². The molecule has 1 aliphatic heterocycles. The topological polar surface area (TPSA) is 15.3 Å². The van der Waals surface area contributed by atoms with Crippen LogP contribution in [0.15, 0.2) is 0 Å². The van der Waals surface area contributed by atoms with Gasteiger partial charge < -0.3 is 5.32 Å². The van der Waals surface area contributed by atoms with Crippen LogP contribution in [0.2, 0.25) is 0 Å². The molecule has 1 heterocycles. The molecular formula is C12H26N2S. The summed E-state index contributed by atoms with van der Waals surface area (Å²) in [4.78, 5) is 2.56. The normalized spacial score (nSPS) is 24.0. The number of hydrogen-bond donors (Lipinski definition) is 1. The molecule has 1 atom stereocenters. The Bertz CT molecular complexity index is 192. The molecule has 0 amide bonds. The van der Waals surface area contributed by atoms with Crippen LogP contribution in [0.25, 0.3) is 0 Å². The largest absolute Gasteiger partial charge is 0.311 e. The molecule has 1 aliphatic rings. The summed E-state index contributed by atoms with van der Waals surface area (Å²) in [7, 11) is 0. The van der Waals surface area contributed by atoms with Gasteiger partial charge in [0.2, 0.25) is 0 Å². The second kappa shape index (κ2) is 5.55. The molecule has 0 spiro atoms. The van der Waals surface area contributed by atoms with Crippen LogP contribution in [-0.4, -0.2) is 47.6 Å². The molecule has 1 unspecified atom stereocenters. The van der Waals surface area contributed by atoms with Gasteiger partial charge >= 0.3 is 0 Å². The Labute approximate surface area is 99.2 Å². The quantitative estimate of drug-likeness (QED) is 0.779. The van der Waals surface area contributed by atoms with Crippen LogP contribution in [0.5, 0.6) is 0 Å². The Kier molecular flexibility index (Phi) is 4.94. The third-order valence-corrected chi connectivity index (χ3v) is 4.57. The van der Waals surface area contributed by atoms with Gasteiger partial charge in [-0.25, -0.2) is 0 Å². The van der Waals surface area contributed by atoms with Crippen molar-refractivity contribution in [3.63, 3.8) is 0 Å². The van der Waals surface area contributed by atoms with E-state index in [4.69, 9.17) is 0 Å². The van der Waals surface area contributed by atoms with Crippen molar-refractivity contribution in [2.45, 2.75) is 50.9 Å². The van der Waals surface area contributed by atoms with Crippen LogP contribution in [0.3, 0.4) is 0 Å². The number of likely N-dealkylation sites (tertiary alicyclic amines) is 1. The molecule has 0 aromatic heterocycles. The summed E-state index contributed by atoms with van der Waals surface area (Å²) in [6.07, 6.45) is 3.50. The molecule has 3 heteroatoms. The second-order valence-electron chi connectivity index (χ2n) is 5.42. The van der Waals surface area contributed by atoms with E-state index in [-0.39, 0.29) is 0 Å². The maximum atomic E-state index is 3.70. The number of hydrogen-bond acceptors (Lipinski definition) is 3. The smallest absolute Gasteiger partial charge is 0.0225 e. The van der Waals surface area contributed by atoms with Gasteiger partial charge in [-0.05, 0) is 46.9 Å². The lowest BCUT2D eigenvalue weighted by molar-refractivity contribution is 0.268. The van der Waals surface area contributed by atoms with E-state index in [1.165, 1.54) is 19.5 Å². The zero-order chi connectivity index (χ0) is 11.5. The Morgan fingerprint density at radius 1 is 1.47 bits per heavy atom. The zero-order valence-corrected chi connectivity index (χ0v) is 11.7. The molecule has 1 rings (SSSR count). The predicted molar refractivity (Wildman–Crippen MR) is 70.7 cm³/mol. The molecule has 0 aromatic carbocycles. The van der Waals surface area contributed by atoms with E-state index in [1.54, 1.807) is 0 Å². The van der Waals surface area contributed by atoms with Crippen LogP contribution in [0.4, 0.5) is 0 Å². The fourth-order valence-electron chi connectivity index (χ4n) is 1.89. The highest BCUT2D eigenvalue weighted by Gasteiger charge is 2.25. The van der Waals surface area contributed by atoms with E-state index in [2.05, 4.69) is 44.2 Å². The monoisotopic (exact) mass is 230 g/mol. The number of rotatable bonds is 5. The van der Waals surface area contributed by atoms with E-state index >= 15 is 0 Å².